The van der Waals surface area contributed by atoms with Gasteiger partial charge in [0.05, 0.1) is 18.3 Å². The van der Waals surface area contributed by atoms with Gasteiger partial charge in [0.15, 0.2) is 0 Å². The van der Waals surface area contributed by atoms with E-state index in [-0.39, 0.29) is 37.2 Å². The lowest BCUT2D eigenvalue weighted by Gasteiger charge is -2.31. The molecule has 0 bridgehead atoms. The predicted octanol–water partition coefficient (Wildman–Crippen LogP) is 3.19. The van der Waals surface area contributed by atoms with E-state index in [1.807, 2.05) is 6.92 Å². The normalized spacial score (nSPS) is 15.5. The van der Waals surface area contributed by atoms with Crippen LogP contribution in [0.25, 0.3) is 0 Å². The highest BCUT2D eigenvalue weighted by Crippen LogP contribution is 2.31. The Morgan fingerprint density at radius 3 is 2.54 bits per heavy atom. The fraction of sp³-hybridized carbons (Fsp3) is 0.556. The number of ether oxygens (including phenoxy) is 1. The lowest BCUT2D eigenvalue weighted by atomic mass is 9.82. The van der Waals surface area contributed by atoms with Gasteiger partial charge in [-0.3, -0.25) is 9.59 Å². The zero-order valence-corrected chi connectivity index (χ0v) is 16.8. The molecule has 1 fully saturated rings. The maximum Gasteiger partial charge on any atom is 0.240 e. The molecule has 2 rings (SSSR count). The van der Waals surface area contributed by atoms with Crippen molar-refractivity contribution in [2.75, 3.05) is 19.0 Å². The Bertz CT molecular complexity index is 647. The number of carbonyl (C=O) groups excluding carboxylic acids is 2. The summed E-state index contributed by atoms with van der Waals surface area (Å²) < 4.78 is 5.23. The SMILES string of the molecule is COc1cc(Cl)c(C)cc1NC(=O)CCNC(=O)C1(N)CCCCC1.Cl. The van der Waals surface area contributed by atoms with Gasteiger partial charge < -0.3 is 21.1 Å². The number of halogens is 2. The first-order valence-electron chi connectivity index (χ1n) is 8.57. The van der Waals surface area contributed by atoms with Crippen molar-refractivity contribution in [1.29, 1.82) is 0 Å². The van der Waals surface area contributed by atoms with E-state index >= 15 is 0 Å². The summed E-state index contributed by atoms with van der Waals surface area (Å²) in [6.45, 7) is 2.10. The number of carbonyl (C=O) groups is 2. The van der Waals surface area contributed by atoms with Gasteiger partial charge >= 0.3 is 0 Å². The first kappa shape index (κ1) is 22.5. The molecule has 8 heteroatoms. The molecule has 6 nitrogen and oxygen atoms in total. The van der Waals surface area contributed by atoms with E-state index in [0.717, 1.165) is 24.8 Å². The fourth-order valence-electron chi connectivity index (χ4n) is 3.02. The number of hydrogen-bond donors (Lipinski definition) is 3. The highest BCUT2D eigenvalue weighted by Gasteiger charge is 2.34. The molecule has 4 N–H and O–H groups in total. The fourth-order valence-corrected chi connectivity index (χ4v) is 3.17. The molecule has 26 heavy (non-hydrogen) atoms. The molecular weight excluding hydrogens is 377 g/mol. The number of amides is 2. The number of aryl methyl sites for hydroxylation is 1. The van der Waals surface area contributed by atoms with Gasteiger partial charge in [-0.15, -0.1) is 12.4 Å². The second-order valence-electron chi connectivity index (χ2n) is 6.57. The highest BCUT2D eigenvalue weighted by atomic mass is 35.5. The van der Waals surface area contributed by atoms with Gasteiger partial charge in [0.25, 0.3) is 0 Å². The number of hydrogen-bond acceptors (Lipinski definition) is 4. The van der Waals surface area contributed by atoms with Crippen LogP contribution >= 0.6 is 24.0 Å². The average molecular weight is 404 g/mol. The largest absolute Gasteiger partial charge is 0.495 e. The first-order chi connectivity index (χ1) is 11.9. The monoisotopic (exact) mass is 403 g/mol. The van der Waals surface area contributed by atoms with Crippen molar-refractivity contribution >= 4 is 41.5 Å². The molecule has 2 amide bonds. The highest BCUT2D eigenvalue weighted by molar-refractivity contribution is 6.31. The zero-order valence-electron chi connectivity index (χ0n) is 15.2. The van der Waals surface area contributed by atoms with Crippen molar-refractivity contribution in [2.45, 2.75) is 51.0 Å². The molecule has 1 saturated carbocycles. The molecule has 1 aliphatic carbocycles. The number of anilines is 1. The molecule has 1 aromatic rings. The molecule has 0 atom stereocenters. The Morgan fingerprint density at radius 2 is 1.92 bits per heavy atom. The third-order valence-electron chi connectivity index (χ3n) is 4.59. The summed E-state index contributed by atoms with van der Waals surface area (Å²) in [5.41, 5.74) is 6.78. The molecule has 1 aromatic carbocycles. The molecule has 0 radical (unpaired) electrons. The van der Waals surface area contributed by atoms with E-state index < -0.39 is 5.54 Å². The summed E-state index contributed by atoms with van der Waals surface area (Å²) >= 11 is 6.05. The molecule has 0 aliphatic heterocycles. The van der Waals surface area contributed by atoms with Gasteiger partial charge in [0.1, 0.15) is 5.75 Å². The van der Waals surface area contributed by atoms with Crippen LogP contribution in [0.4, 0.5) is 5.69 Å². The van der Waals surface area contributed by atoms with Crippen molar-refractivity contribution < 1.29 is 14.3 Å². The Balaban J connectivity index is 0.00000338. The number of methoxy groups -OCH3 is 1. The minimum atomic E-state index is -0.786. The third-order valence-corrected chi connectivity index (χ3v) is 5.00. The van der Waals surface area contributed by atoms with Crippen LogP contribution < -0.4 is 21.1 Å². The van der Waals surface area contributed by atoms with Gasteiger partial charge in [-0.25, -0.2) is 0 Å². The van der Waals surface area contributed by atoms with E-state index in [0.29, 0.717) is 29.3 Å². The Labute approximate surface area is 165 Å². The lowest BCUT2D eigenvalue weighted by molar-refractivity contribution is -0.127. The minimum Gasteiger partial charge on any atom is -0.495 e. The van der Waals surface area contributed by atoms with Crippen molar-refractivity contribution in [3.63, 3.8) is 0 Å². The standard InChI is InChI=1S/C18H26ClN3O3.ClH/c1-12-10-14(15(25-2)11-13(12)19)22-16(23)6-9-21-17(24)18(20)7-4-3-5-8-18;/h10-11H,3-9,20H2,1-2H3,(H,21,24)(H,22,23);1H. The molecule has 0 aromatic heterocycles. The van der Waals surface area contributed by atoms with Crippen LogP contribution in [-0.4, -0.2) is 31.0 Å². The van der Waals surface area contributed by atoms with E-state index in [4.69, 9.17) is 22.1 Å². The van der Waals surface area contributed by atoms with E-state index in [9.17, 15) is 9.59 Å². The summed E-state index contributed by atoms with van der Waals surface area (Å²) in [5.74, 6) is 0.117. The zero-order chi connectivity index (χ0) is 18.4. The van der Waals surface area contributed by atoms with Crippen molar-refractivity contribution in [1.82, 2.24) is 5.32 Å². The quantitative estimate of drug-likeness (QED) is 0.679. The Kier molecular flexibility index (Phi) is 8.67. The van der Waals surface area contributed by atoms with Crippen LogP contribution in [0.5, 0.6) is 5.75 Å². The molecule has 1 aliphatic rings. The van der Waals surface area contributed by atoms with Crippen LogP contribution in [0, 0.1) is 6.92 Å². The molecule has 0 spiro atoms. The Hall–Kier alpha value is -1.50. The maximum atomic E-state index is 12.2. The van der Waals surface area contributed by atoms with Crippen LogP contribution in [0.2, 0.25) is 5.02 Å². The lowest BCUT2D eigenvalue weighted by Crippen LogP contribution is -2.55. The van der Waals surface area contributed by atoms with Gasteiger partial charge in [-0.05, 0) is 31.4 Å². The number of benzene rings is 1. The van der Waals surface area contributed by atoms with Crippen molar-refractivity contribution in [3.05, 3.63) is 22.7 Å². The average Bonchev–Trinajstić information content (AvgIpc) is 2.58. The van der Waals surface area contributed by atoms with E-state index in [1.165, 1.54) is 7.11 Å². The van der Waals surface area contributed by atoms with Crippen LogP contribution in [0.15, 0.2) is 12.1 Å². The molecule has 0 saturated heterocycles. The van der Waals surface area contributed by atoms with Crippen LogP contribution in [-0.2, 0) is 9.59 Å². The summed E-state index contributed by atoms with van der Waals surface area (Å²) in [6, 6.07) is 3.42. The van der Waals surface area contributed by atoms with E-state index in [2.05, 4.69) is 10.6 Å². The Morgan fingerprint density at radius 1 is 1.27 bits per heavy atom. The van der Waals surface area contributed by atoms with Crippen LogP contribution in [0.1, 0.15) is 44.1 Å². The van der Waals surface area contributed by atoms with Gasteiger partial charge in [-0.2, -0.15) is 0 Å². The number of nitrogens with two attached hydrogens (primary N) is 1. The minimum absolute atomic E-state index is 0. The smallest absolute Gasteiger partial charge is 0.240 e. The van der Waals surface area contributed by atoms with Gasteiger partial charge in [0, 0.05) is 24.1 Å². The molecule has 0 unspecified atom stereocenters. The number of nitrogens with one attached hydrogen (secondary N) is 2. The van der Waals surface area contributed by atoms with Crippen molar-refractivity contribution in [3.8, 4) is 5.75 Å². The first-order valence-corrected chi connectivity index (χ1v) is 8.95. The predicted molar refractivity (Wildman–Crippen MR) is 106 cm³/mol. The van der Waals surface area contributed by atoms with Crippen molar-refractivity contribution in [2.24, 2.45) is 5.73 Å². The summed E-state index contributed by atoms with van der Waals surface area (Å²) in [6.07, 6.45) is 4.63. The molecule has 146 valence electrons. The van der Waals surface area contributed by atoms with Gasteiger partial charge in [-0.1, -0.05) is 30.9 Å². The second-order valence-corrected chi connectivity index (χ2v) is 6.98. The molecule has 0 heterocycles. The maximum absolute atomic E-state index is 12.2. The molecular formula is C18H27Cl2N3O3. The van der Waals surface area contributed by atoms with Crippen LogP contribution in [0.3, 0.4) is 0 Å². The number of rotatable bonds is 6. The third kappa shape index (κ3) is 5.76. The van der Waals surface area contributed by atoms with Gasteiger partial charge in [0.2, 0.25) is 11.8 Å². The van der Waals surface area contributed by atoms with E-state index in [1.54, 1.807) is 12.1 Å². The summed E-state index contributed by atoms with van der Waals surface area (Å²) in [7, 11) is 1.52. The summed E-state index contributed by atoms with van der Waals surface area (Å²) in [4.78, 5) is 24.4. The summed E-state index contributed by atoms with van der Waals surface area (Å²) in [5, 5.41) is 6.14. The second kappa shape index (κ2) is 10.00. The topological polar surface area (TPSA) is 93.5 Å².